The highest BCUT2D eigenvalue weighted by Crippen LogP contribution is 2.23. The summed E-state index contributed by atoms with van der Waals surface area (Å²) in [6.07, 6.45) is 2.05. The van der Waals surface area contributed by atoms with Crippen molar-refractivity contribution in [1.82, 2.24) is 9.88 Å². The molecule has 108 valence electrons. The zero-order chi connectivity index (χ0) is 14.8. The van der Waals surface area contributed by atoms with Crippen LogP contribution >= 0.6 is 15.9 Å². The molecular formula is C17H16BrFN2. The first-order valence-corrected chi connectivity index (χ1v) is 7.63. The van der Waals surface area contributed by atoms with Crippen molar-refractivity contribution in [2.45, 2.75) is 13.1 Å². The Morgan fingerprint density at radius 3 is 2.81 bits per heavy atom. The van der Waals surface area contributed by atoms with Gasteiger partial charge in [-0.15, -0.1) is 0 Å². The Kier molecular flexibility index (Phi) is 4.08. The first kappa shape index (κ1) is 14.3. The molecule has 0 aliphatic heterocycles. The van der Waals surface area contributed by atoms with E-state index in [1.165, 1.54) is 22.5 Å². The fourth-order valence-electron chi connectivity index (χ4n) is 2.53. The van der Waals surface area contributed by atoms with E-state index in [-0.39, 0.29) is 5.82 Å². The largest absolute Gasteiger partial charge is 0.343 e. The van der Waals surface area contributed by atoms with E-state index in [0.29, 0.717) is 6.54 Å². The number of fused-ring (bicyclic) bond motifs is 1. The quantitative estimate of drug-likeness (QED) is 0.744. The van der Waals surface area contributed by atoms with Gasteiger partial charge in [-0.05, 0) is 53.9 Å². The number of halogens is 2. The van der Waals surface area contributed by atoms with Crippen molar-refractivity contribution in [3.63, 3.8) is 0 Å². The van der Waals surface area contributed by atoms with Crippen molar-refractivity contribution in [1.29, 1.82) is 0 Å². The van der Waals surface area contributed by atoms with Gasteiger partial charge < -0.3 is 9.88 Å². The van der Waals surface area contributed by atoms with Crippen LogP contribution in [0.2, 0.25) is 0 Å². The van der Waals surface area contributed by atoms with Crippen LogP contribution in [-0.2, 0) is 13.1 Å². The van der Waals surface area contributed by atoms with E-state index >= 15 is 0 Å². The Hall–Kier alpha value is -1.65. The van der Waals surface area contributed by atoms with E-state index in [9.17, 15) is 4.39 Å². The maximum atomic E-state index is 13.4. The molecule has 0 amide bonds. The number of benzene rings is 2. The molecule has 0 fully saturated rings. The van der Waals surface area contributed by atoms with E-state index < -0.39 is 0 Å². The lowest BCUT2D eigenvalue weighted by molar-refractivity contribution is 0.623. The highest BCUT2D eigenvalue weighted by Gasteiger charge is 2.06. The van der Waals surface area contributed by atoms with Gasteiger partial charge in [0.05, 0.1) is 0 Å². The number of hydrogen-bond acceptors (Lipinski definition) is 1. The van der Waals surface area contributed by atoms with E-state index in [0.717, 1.165) is 16.6 Å². The van der Waals surface area contributed by atoms with Crippen molar-refractivity contribution < 1.29 is 4.39 Å². The highest BCUT2D eigenvalue weighted by atomic mass is 79.9. The van der Waals surface area contributed by atoms with Crippen LogP contribution in [0.3, 0.4) is 0 Å². The van der Waals surface area contributed by atoms with Crippen LogP contribution in [0.4, 0.5) is 4.39 Å². The molecule has 0 aliphatic rings. The Morgan fingerprint density at radius 1 is 1.14 bits per heavy atom. The van der Waals surface area contributed by atoms with Crippen LogP contribution in [0, 0.1) is 5.82 Å². The SMILES string of the molecule is CNCc1ccc2ccn(Cc3cc(F)ccc3Br)c2c1. The van der Waals surface area contributed by atoms with E-state index in [4.69, 9.17) is 0 Å². The molecule has 0 saturated heterocycles. The summed E-state index contributed by atoms with van der Waals surface area (Å²) in [6.45, 7) is 1.48. The van der Waals surface area contributed by atoms with Crippen LogP contribution in [0.1, 0.15) is 11.1 Å². The molecule has 3 rings (SSSR count). The molecule has 0 bridgehead atoms. The molecule has 4 heteroatoms. The zero-order valence-electron chi connectivity index (χ0n) is 11.7. The fourth-order valence-corrected chi connectivity index (χ4v) is 2.90. The molecule has 1 heterocycles. The molecule has 0 saturated carbocycles. The lowest BCUT2D eigenvalue weighted by Crippen LogP contribution is -2.05. The summed E-state index contributed by atoms with van der Waals surface area (Å²) in [5.74, 6) is -0.208. The van der Waals surface area contributed by atoms with Gasteiger partial charge in [-0.1, -0.05) is 28.1 Å². The third-order valence-electron chi connectivity index (χ3n) is 3.57. The van der Waals surface area contributed by atoms with Crippen molar-refractivity contribution in [2.24, 2.45) is 0 Å². The lowest BCUT2D eigenvalue weighted by atomic mass is 10.1. The van der Waals surface area contributed by atoms with Gasteiger partial charge in [0.15, 0.2) is 0 Å². The molecule has 21 heavy (non-hydrogen) atoms. The maximum absolute atomic E-state index is 13.4. The van der Waals surface area contributed by atoms with Gasteiger partial charge in [-0.25, -0.2) is 4.39 Å². The average molecular weight is 347 g/mol. The van der Waals surface area contributed by atoms with Crippen LogP contribution < -0.4 is 5.32 Å². The summed E-state index contributed by atoms with van der Waals surface area (Å²) < 4.78 is 16.5. The Balaban J connectivity index is 2.00. The summed E-state index contributed by atoms with van der Waals surface area (Å²) in [5.41, 5.74) is 3.34. The summed E-state index contributed by atoms with van der Waals surface area (Å²) in [4.78, 5) is 0. The van der Waals surface area contributed by atoms with Crippen molar-refractivity contribution in [2.75, 3.05) is 7.05 Å². The number of aromatic nitrogens is 1. The minimum Gasteiger partial charge on any atom is -0.343 e. The Morgan fingerprint density at radius 2 is 2.00 bits per heavy atom. The van der Waals surface area contributed by atoms with Gasteiger partial charge in [0.1, 0.15) is 5.82 Å². The van der Waals surface area contributed by atoms with E-state index in [2.05, 4.69) is 50.1 Å². The molecule has 0 spiro atoms. The maximum Gasteiger partial charge on any atom is 0.123 e. The molecular weight excluding hydrogens is 331 g/mol. The lowest BCUT2D eigenvalue weighted by Gasteiger charge is -2.09. The van der Waals surface area contributed by atoms with Gasteiger partial charge in [-0.3, -0.25) is 0 Å². The molecule has 1 aromatic heterocycles. The second-order valence-electron chi connectivity index (χ2n) is 5.10. The molecule has 0 unspecified atom stereocenters. The second kappa shape index (κ2) is 6.00. The number of nitrogens with zero attached hydrogens (tertiary/aromatic N) is 1. The topological polar surface area (TPSA) is 17.0 Å². The molecule has 0 radical (unpaired) electrons. The second-order valence-corrected chi connectivity index (χ2v) is 5.96. The molecule has 3 aromatic rings. The smallest absolute Gasteiger partial charge is 0.123 e. The average Bonchev–Trinajstić information content (AvgIpc) is 2.86. The Bertz CT molecular complexity index is 780. The number of hydrogen-bond donors (Lipinski definition) is 1. The van der Waals surface area contributed by atoms with Crippen molar-refractivity contribution in [3.05, 3.63) is 70.1 Å². The minimum atomic E-state index is -0.208. The van der Waals surface area contributed by atoms with Gasteiger partial charge in [-0.2, -0.15) is 0 Å². The van der Waals surface area contributed by atoms with Gasteiger partial charge in [0.25, 0.3) is 0 Å². The third-order valence-corrected chi connectivity index (χ3v) is 4.34. The first-order valence-electron chi connectivity index (χ1n) is 6.83. The molecule has 0 atom stereocenters. The summed E-state index contributed by atoms with van der Waals surface area (Å²) in [5, 5.41) is 4.36. The van der Waals surface area contributed by atoms with Crippen molar-refractivity contribution in [3.8, 4) is 0 Å². The first-order chi connectivity index (χ1) is 10.2. The van der Waals surface area contributed by atoms with Gasteiger partial charge in [0, 0.05) is 29.3 Å². The predicted molar refractivity (Wildman–Crippen MR) is 87.9 cm³/mol. The van der Waals surface area contributed by atoms with Gasteiger partial charge in [0.2, 0.25) is 0 Å². The third kappa shape index (κ3) is 3.01. The summed E-state index contributed by atoms with van der Waals surface area (Å²) >= 11 is 3.49. The normalized spacial score (nSPS) is 11.2. The summed E-state index contributed by atoms with van der Waals surface area (Å²) in [7, 11) is 1.94. The van der Waals surface area contributed by atoms with Crippen LogP contribution in [0.15, 0.2) is 53.1 Å². The van der Waals surface area contributed by atoms with E-state index in [1.54, 1.807) is 12.1 Å². The number of nitrogens with one attached hydrogen (secondary N) is 1. The minimum absolute atomic E-state index is 0.208. The van der Waals surface area contributed by atoms with Crippen molar-refractivity contribution >= 4 is 26.8 Å². The van der Waals surface area contributed by atoms with Crippen LogP contribution in [0.5, 0.6) is 0 Å². The predicted octanol–water partition coefficient (Wildman–Crippen LogP) is 4.31. The standard InChI is InChI=1S/C17H16BrFN2/c1-20-10-12-2-3-13-6-7-21(17(13)8-12)11-14-9-15(19)4-5-16(14)18/h2-9,20H,10-11H2,1H3. The monoisotopic (exact) mass is 346 g/mol. The van der Waals surface area contributed by atoms with E-state index in [1.807, 2.05) is 13.2 Å². The molecule has 1 N–H and O–H groups in total. The molecule has 2 nitrogen and oxygen atoms in total. The zero-order valence-corrected chi connectivity index (χ0v) is 13.3. The fraction of sp³-hybridized carbons (Fsp3) is 0.176. The Labute approximate surface area is 131 Å². The highest BCUT2D eigenvalue weighted by molar-refractivity contribution is 9.10. The van der Waals surface area contributed by atoms with Crippen LogP contribution in [-0.4, -0.2) is 11.6 Å². The molecule has 2 aromatic carbocycles. The van der Waals surface area contributed by atoms with Gasteiger partial charge >= 0.3 is 0 Å². The summed E-state index contributed by atoms with van der Waals surface area (Å²) in [6, 6.07) is 13.3. The van der Waals surface area contributed by atoms with Crippen LogP contribution in [0.25, 0.3) is 10.9 Å². The number of rotatable bonds is 4. The molecule has 0 aliphatic carbocycles.